The lowest BCUT2D eigenvalue weighted by Gasteiger charge is -2.44. The Labute approximate surface area is 180 Å². The highest BCUT2D eigenvalue weighted by atomic mass is 16.6. The first-order chi connectivity index (χ1) is 14.9. The molecular weight excluding hydrogens is 392 g/mol. The molecule has 2 aliphatic rings. The molecule has 1 spiro atoms. The van der Waals surface area contributed by atoms with Gasteiger partial charge in [-0.15, -0.1) is 4.68 Å². The summed E-state index contributed by atoms with van der Waals surface area (Å²) in [5.74, 6) is 0.632. The van der Waals surface area contributed by atoms with E-state index in [-0.39, 0.29) is 16.0 Å². The highest BCUT2D eigenvalue weighted by molar-refractivity contribution is 5.72. The Morgan fingerprint density at radius 3 is 2.77 bits per heavy atom. The lowest BCUT2D eigenvalue weighted by atomic mass is 9.76. The number of para-hydroxylation sites is 1. The Kier molecular flexibility index (Phi) is 4.18. The normalized spacial score (nSPS) is 20.4. The zero-order chi connectivity index (χ0) is 21.8. The number of nitrogens with zero attached hydrogens (tertiary/aromatic N) is 4. The van der Waals surface area contributed by atoms with E-state index in [1.54, 1.807) is 12.1 Å². The SMILES string of the molecule is CCC[n+]1ccn(N2c3ccccc3C(C)(C)C23C=Cc2cc([N+](=O)[O-])ccc2O3)c1. The van der Waals surface area contributed by atoms with Crippen LogP contribution in [-0.2, 0) is 12.0 Å². The Bertz CT molecular complexity index is 1210. The van der Waals surface area contributed by atoms with E-state index in [1.165, 1.54) is 11.6 Å². The Morgan fingerprint density at radius 1 is 1.19 bits per heavy atom. The van der Waals surface area contributed by atoms with Crippen LogP contribution in [0.3, 0.4) is 0 Å². The van der Waals surface area contributed by atoms with Crippen molar-refractivity contribution in [2.75, 3.05) is 5.01 Å². The van der Waals surface area contributed by atoms with E-state index in [4.69, 9.17) is 4.74 Å². The van der Waals surface area contributed by atoms with Gasteiger partial charge in [0.15, 0.2) is 6.20 Å². The highest BCUT2D eigenvalue weighted by Gasteiger charge is 2.61. The Morgan fingerprint density at radius 2 is 2.00 bits per heavy atom. The summed E-state index contributed by atoms with van der Waals surface area (Å²) in [6.45, 7) is 7.44. The molecule has 1 aromatic heterocycles. The molecule has 0 saturated carbocycles. The van der Waals surface area contributed by atoms with E-state index in [2.05, 4.69) is 65.7 Å². The van der Waals surface area contributed by atoms with E-state index in [0.29, 0.717) is 11.3 Å². The van der Waals surface area contributed by atoms with Crippen LogP contribution in [0.5, 0.6) is 5.75 Å². The van der Waals surface area contributed by atoms with Crippen LogP contribution in [-0.4, -0.2) is 15.3 Å². The van der Waals surface area contributed by atoms with Crippen LogP contribution in [0.15, 0.2) is 67.3 Å². The summed E-state index contributed by atoms with van der Waals surface area (Å²) in [4.78, 5) is 10.8. The van der Waals surface area contributed by atoms with Gasteiger partial charge in [-0.25, -0.2) is 4.57 Å². The number of non-ortho nitro benzene ring substituents is 1. The molecule has 0 saturated heterocycles. The van der Waals surface area contributed by atoms with Crippen LogP contribution in [0, 0.1) is 10.1 Å². The van der Waals surface area contributed by atoms with Crippen molar-refractivity contribution in [3.05, 3.63) is 88.5 Å². The first-order valence-corrected chi connectivity index (χ1v) is 10.5. The number of nitro groups is 1. The minimum absolute atomic E-state index is 0.0554. The third-order valence-corrected chi connectivity index (χ3v) is 6.36. The molecule has 1 unspecified atom stereocenters. The predicted octanol–water partition coefficient (Wildman–Crippen LogP) is 4.46. The monoisotopic (exact) mass is 417 g/mol. The second-order valence-electron chi connectivity index (χ2n) is 8.60. The van der Waals surface area contributed by atoms with Gasteiger partial charge < -0.3 is 4.74 Å². The van der Waals surface area contributed by atoms with Crippen molar-refractivity contribution in [1.82, 2.24) is 4.68 Å². The molecule has 3 aromatic rings. The number of ether oxygens (including phenoxy) is 1. The third kappa shape index (κ3) is 2.69. The number of imidazole rings is 1. The zero-order valence-electron chi connectivity index (χ0n) is 17.9. The maximum absolute atomic E-state index is 11.2. The van der Waals surface area contributed by atoms with Crippen LogP contribution < -0.4 is 14.3 Å². The van der Waals surface area contributed by atoms with Crippen molar-refractivity contribution in [3.63, 3.8) is 0 Å². The smallest absolute Gasteiger partial charge is 0.270 e. The molecule has 5 rings (SSSR count). The molecule has 31 heavy (non-hydrogen) atoms. The number of aryl methyl sites for hydroxylation is 1. The first-order valence-electron chi connectivity index (χ1n) is 10.5. The molecule has 0 radical (unpaired) electrons. The minimum Gasteiger partial charge on any atom is -0.459 e. The lowest BCUT2D eigenvalue weighted by molar-refractivity contribution is -0.696. The fraction of sp³-hybridized carbons (Fsp3) is 0.292. The summed E-state index contributed by atoms with van der Waals surface area (Å²) in [7, 11) is 0. The second-order valence-corrected chi connectivity index (χ2v) is 8.60. The number of hydrogen-bond donors (Lipinski definition) is 0. The quantitative estimate of drug-likeness (QED) is 0.357. The average Bonchev–Trinajstić information content (AvgIpc) is 3.28. The lowest BCUT2D eigenvalue weighted by Crippen LogP contribution is -2.61. The summed E-state index contributed by atoms with van der Waals surface area (Å²) < 4.78 is 11.0. The summed E-state index contributed by atoms with van der Waals surface area (Å²) in [5.41, 5.74) is 1.80. The van der Waals surface area contributed by atoms with Gasteiger partial charge in [-0.2, -0.15) is 5.01 Å². The number of nitro benzene ring substituents is 1. The molecular formula is C24H25N4O3+. The second kappa shape index (κ2) is 6.70. The van der Waals surface area contributed by atoms with E-state index in [9.17, 15) is 10.1 Å². The molecule has 0 amide bonds. The number of benzene rings is 2. The van der Waals surface area contributed by atoms with E-state index >= 15 is 0 Å². The Balaban J connectivity index is 1.68. The number of anilines is 1. The van der Waals surface area contributed by atoms with Crippen molar-refractivity contribution in [2.24, 2.45) is 0 Å². The molecule has 0 N–H and O–H groups in total. The fourth-order valence-corrected chi connectivity index (χ4v) is 4.74. The van der Waals surface area contributed by atoms with Gasteiger partial charge in [0, 0.05) is 17.7 Å². The molecule has 0 aliphatic carbocycles. The summed E-state index contributed by atoms with van der Waals surface area (Å²) in [6.07, 6.45) is 11.2. The van der Waals surface area contributed by atoms with Gasteiger partial charge in [0.25, 0.3) is 12.0 Å². The topological polar surface area (TPSA) is 64.4 Å². The van der Waals surface area contributed by atoms with E-state index < -0.39 is 5.72 Å². The molecule has 2 aromatic carbocycles. The van der Waals surface area contributed by atoms with E-state index in [1.807, 2.05) is 24.4 Å². The number of fused-ring (bicyclic) bond motifs is 2. The van der Waals surface area contributed by atoms with Gasteiger partial charge in [-0.1, -0.05) is 25.1 Å². The van der Waals surface area contributed by atoms with Crippen LogP contribution in [0.4, 0.5) is 11.4 Å². The zero-order valence-corrected chi connectivity index (χ0v) is 17.9. The van der Waals surface area contributed by atoms with Gasteiger partial charge in [-0.3, -0.25) is 10.1 Å². The minimum atomic E-state index is -0.830. The molecule has 158 valence electrons. The molecule has 0 bridgehead atoms. The van der Waals surface area contributed by atoms with Gasteiger partial charge in [0.2, 0.25) is 5.72 Å². The fourth-order valence-electron chi connectivity index (χ4n) is 4.74. The van der Waals surface area contributed by atoms with Crippen LogP contribution in [0.1, 0.15) is 38.3 Å². The Hall–Kier alpha value is -3.61. The number of hydrogen-bond acceptors (Lipinski definition) is 4. The highest BCUT2D eigenvalue weighted by Crippen LogP contribution is 2.55. The van der Waals surface area contributed by atoms with Crippen LogP contribution in [0.25, 0.3) is 6.08 Å². The molecule has 1 atom stereocenters. The molecule has 0 fully saturated rings. The van der Waals surface area contributed by atoms with Gasteiger partial charge in [-0.05, 0) is 50.1 Å². The molecule has 2 aliphatic heterocycles. The van der Waals surface area contributed by atoms with Crippen molar-refractivity contribution in [2.45, 2.75) is 44.9 Å². The van der Waals surface area contributed by atoms with Gasteiger partial charge >= 0.3 is 0 Å². The van der Waals surface area contributed by atoms with Gasteiger partial charge in [0.1, 0.15) is 11.9 Å². The maximum Gasteiger partial charge on any atom is 0.270 e. The van der Waals surface area contributed by atoms with Crippen molar-refractivity contribution in [1.29, 1.82) is 0 Å². The van der Waals surface area contributed by atoms with Gasteiger partial charge in [0.05, 0.1) is 22.6 Å². The predicted molar refractivity (Wildman–Crippen MR) is 118 cm³/mol. The summed E-state index contributed by atoms with van der Waals surface area (Å²) >= 11 is 0. The van der Waals surface area contributed by atoms with Crippen molar-refractivity contribution in [3.8, 4) is 5.75 Å². The average molecular weight is 417 g/mol. The maximum atomic E-state index is 11.2. The summed E-state index contributed by atoms with van der Waals surface area (Å²) in [6, 6.07) is 13.1. The molecule has 7 heteroatoms. The van der Waals surface area contributed by atoms with Crippen LogP contribution >= 0.6 is 0 Å². The largest absolute Gasteiger partial charge is 0.459 e. The number of aromatic nitrogens is 2. The molecule has 7 nitrogen and oxygen atoms in total. The first kappa shape index (κ1) is 19.4. The third-order valence-electron chi connectivity index (χ3n) is 6.36. The molecule has 3 heterocycles. The van der Waals surface area contributed by atoms with Crippen molar-refractivity contribution >= 4 is 17.5 Å². The van der Waals surface area contributed by atoms with Crippen LogP contribution in [0.2, 0.25) is 0 Å². The summed E-state index contributed by atoms with van der Waals surface area (Å²) in [5, 5.41) is 13.4. The van der Waals surface area contributed by atoms with E-state index in [0.717, 1.165) is 18.7 Å². The standard InChI is InChI=1S/C24H25N4O3/c1-4-13-25-14-15-26(17-25)27-21-8-6-5-7-20(21)23(2,3)24(27)12-11-18-16-19(28(29)30)9-10-22(18)31-24/h5-12,14-17H,4,13H2,1-3H3/q+1. The number of rotatable bonds is 4. The van der Waals surface area contributed by atoms with Crippen molar-refractivity contribution < 1.29 is 14.2 Å².